The van der Waals surface area contributed by atoms with E-state index in [0.29, 0.717) is 24.2 Å². The van der Waals surface area contributed by atoms with Crippen molar-refractivity contribution in [2.45, 2.75) is 64.3 Å². The molecule has 0 saturated carbocycles. The monoisotopic (exact) mass is 372 g/mol. The molecular formula is C22H28O5. The van der Waals surface area contributed by atoms with Crippen LogP contribution < -0.4 is 4.74 Å². The van der Waals surface area contributed by atoms with Gasteiger partial charge >= 0.3 is 11.9 Å². The Balaban J connectivity index is 1.92. The van der Waals surface area contributed by atoms with Crippen molar-refractivity contribution in [1.29, 1.82) is 0 Å². The number of carbonyl (C=O) groups excluding carboxylic acids is 2. The average molecular weight is 372 g/mol. The summed E-state index contributed by atoms with van der Waals surface area (Å²) in [6, 6.07) is 7.27. The maximum Gasteiger partial charge on any atom is 0.334 e. The first-order valence-corrected chi connectivity index (χ1v) is 9.52. The Bertz CT molecular complexity index is 646. The molecule has 0 bridgehead atoms. The highest BCUT2D eigenvalue weighted by molar-refractivity contribution is 5.90. The van der Waals surface area contributed by atoms with E-state index in [4.69, 9.17) is 14.2 Å². The highest BCUT2D eigenvalue weighted by Gasteiger charge is 2.28. The molecule has 1 aliphatic heterocycles. The van der Waals surface area contributed by atoms with Crippen LogP contribution >= 0.6 is 0 Å². The topological polar surface area (TPSA) is 61.8 Å². The summed E-state index contributed by atoms with van der Waals surface area (Å²) in [5.41, 5.74) is 1.37. The van der Waals surface area contributed by atoms with Crippen LogP contribution in [0.15, 0.2) is 49.1 Å². The Kier molecular flexibility index (Phi) is 8.11. The van der Waals surface area contributed by atoms with Crippen molar-refractivity contribution < 1.29 is 23.8 Å². The molecule has 27 heavy (non-hydrogen) atoms. The molecule has 1 heterocycles. The second-order valence-electron chi connectivity index (χ2n) is 6.66. The van der Waals surface area contributed by atoms with Crippen molar-refractivity contribution in [2.75, 3.05) is 0 Å². The average Bonchev–Trinajstić information content (AvgIpc) is 3.00. The molecule has 0 spiro atoms. The molecule has 0 amide bonds. The van der Waals surface area contributed by atoms with Crippen LogP contribution in [0, 0.1) is 0 Å². The fraction of sp³-hybridized carbons (Fsp3) is 0.455. The molecule has 5 nitrogen and oxygen atoms in total. The van der Waals surface area contributed by atoms with E-state index >= 15 is 0 Å². The summed E-state index contributed by atoms with van der Waals surface area (Å²) in [6.45, 7) is 9.30. The Morgan fingerprint density at radius 3 is 2.56 bits per heavy atom. The summed E-state index contributed by atoms with van der Waals surface area (Å²) in [6.07, 6.45) is 6.87. The lowest BCUT2D eigenvalue weighted by Gasteiger charge is -2.19. The summed E-state index contributed by atoms with van der Waals surface area (Å²) in [5, 5.41) is 0. The zero-order chi connectivity index (χ0) is 19.6. The first-order chi connectivity index (χ1) is 13.0. The molecule has 0 radical (unpaired) electrons. The Hall–Kier alpha value is -2.56. The van der Waals surface area contributed by atoms with Gasteiger partial charge in [0, 0.05) is 24.5 Å². The van der Waals surface area contributed by atoms with Crippen molar-refractivity contribution in [3.05, 3.63) is 54.6 Å². The normalized spacial score (nSPS) is 17.3. The van der Waals surface area contributed by atoms with Gasteiger partial charge in [-0.25, -0.2) is 9.59 Å². The van der Waals surface area contributed by atoms with Gasteiger partial charge in [0.05, 0.1) is 0 Å². The van der Waals surface area contributed by atoms with Gasteiger partial charge < -0.3 is 14.2 Å². The molecular weight excluding hydrogens is 344 g/mol. The van der Waals surface area contributed by atoms with Crippen LogP contribution in [0.2, 0.25) is 0 Å². The Labute approximate surface area is 161 Å². The zero-order valence-corrected chi connectivity index (χ0v) is 15.9. The predicted octanol–water partition coefficient (Wildman–Crippen LogP) is 5.03. The molecule has 1 aromatic rings. The van der Waals surface area contributed by atoms with E-state index in [-0.39, 0.29) is 12.1 Å². The minimum atomic E-state index is -0.646. The Morgan fingerprint density at radius 2 is 1.96 bits per heavy atom. The number of esters is 2. The standard InChI is InChI=1S/C22H28O5/c1-4-6-7-8-9-10-21(27-20(23)5-2)25-18-13-11-17(12-14-18)19-15-16(3)22(24)26-19/h5,11-14,19,21H,2-4,6-10,15H2,1H3. The number of ether oxygens (including phenoxy) is 3. The highest BCUT2D eigenvalue weighted by Crippen LogP contribution is 2.33. The van der Waals surface area contributed by atoms with Crippen LogP contribution in [-0.2, 0) is 19.1 Å². The summed E-state index contributed by atoms with van der Waals surface area (Å²) < 4.78 is 16.4. The fourth-order valence-electron chi connectivity index (χ4n) is 2.89. The summed E-state index contributed by atoms with van der Waals surface area (Å²) in [7, 11) is 0. The minimum Gasteiger partial charge on any atom is -0.455 e. The Morgan fingerprint density at radius 1 is 1.26 bits per heavy atom. The van der Waals surface area contributed by atoms with Crippen LogP contribution in [0.25, 0.3) is 0 Å². The first kappa shape index (κ1) is 20.7. The number of carbonyl (C=O) groups is 2. The van der Waals surface area contributed by atoms with Gasteiger partial charge in [-0.1, -0.05) is 57.9 Å². The second kappa shape index (κ2) is 10.6. The maximum absolute atomic E-state index is 11.6. The zero-order valence-electron chi connectivity index (χ0n) is 15.9. The molecule has 0 aromatic heterocycles. The van der Waals surface area contributed by atoms with Gasteiger partial charge in [0.15, 0.2) is 0 Å². The molecule has 146 valence electrons. The highest BCUT2D eigenvalue weighted by atomic mass is 16.7. The number of hydrogen-bond acceptors (Lipinski definition) is 5. The molecule has 0 aliphatic carbocycles. The van der Waals surface area contributed by atoms with E-state index in [2.05, 4.69) is 20.1 Å². The number of rotatable bonds is 11. The fourth-order valence-corrected chi connectivity index (χ4v) is 2.89. The second-order valence-corrected chi connectivity index (χ2v) is 6.66. The molecule has 5 heteroatoms. The molecule has 2 rings (SSSR count). The van der Waals surface area contributed by atoms with Gasteiger partial charge in [-0.15, -0.1) is 0 Å². The number of hydrogen-bond donors (Lipinski definition) is 0. The quantitative estimate of drug-likeness (QED) is 0.236. The summed E-state index contributed by atoms with van der Waals surface area (Å²) in [4.78, 5) is 23.0. The van der Waals surface area contributed by atoms with E-state index < -0.39 is 12.3 Å². The molecule has 2 atom stereocenters. The molecule has 1 aliphatic rings. The van der Waals surface area contributed by atoms with Gasteiger partial charge in [0.1, 0.15) is 11.9 Å². The molecule has 2 unspecified atom stereocenters. The summed E-state index contributed by atoms with van der Waals surface area (Å²) >= 11 is 0. The number of cyclic esters (lactones) is 1. The van der Waals surface area contributed by atoms with E-state index in [1.54, 1.807) is 12.1 Å². The smallest absolute Gasteiger partial charge is 0.334 e. The summed E-state index contributed by atoms with van der Waals surface area (Å²) in [5.74, 6) is -0.251. The van der Waals surface area contributed by atoms with Crippen LogP contribution in [0.4, 0.5) is 0 Å². The lowest BCUT2D eigenvalue weighted by atomic mass is 10.1. The maximum atomic E-state index is 11.6. The molecule has 0 N–H and O–H groups in total. The first-order valence-electron chi connectivity index (χ1n) is 9.52. The molecule has 1 fully saturated rings. The van der Waals surface area contributed by atoms with Crippen LogP contribution in [0.1, 0.15) is 63.5 Å². The van der Waals surface area contributed by atoms with Crippen molar-refractivity contribution in [1.82, 2.24) is 0 Å². The van der Waals surface area contributed by atoms with Gasteiger partial charge in [-0.3, -0.25) is 0 Å². The van der Waals surface area contributed by atoms with Gasteiger partial charge in [-0.05, 0) is 24.1 Å². The van der Waals surface area contributed by atoms with E-state index in [1.165, 1.54) is 19.3 Å². The van der Waals surface area contributed by atoms with Crippen molar-refractivity contribution in [3.63, 3.8) is 0 Å². The largest absolute Gasteiger partial charge is 0.455 e. The third kappa shape index (κ3) is 6.59. The lowest BCUT2D eigenvalue weighted by molar-refractivity contribution is -0.158. The molecule has 1 aromatic carbocycles. The van der Waals surface area contributed by atoms with E-state index in [0.717, 1.165) is 24.5 Å². The van der Waals surface area contributed by atoms with Crippen molar-refractivity contribution >= 4 is 11.9 Å². The molecule has 1 saturated heterocycles. The predicted molar refractivity (Wildman–Crippen MR) is 103 cm³/mol. The minimum absolute atomic E-state index is 0.299. The van der Waals surface area contributed by atoms with Crippen molar-refractivity contribution in [3.8, 4) is 5.75 Å². The van der Waals surface area contributed by atoms with Gasteiger partial charge in [0.25, 0.3) is 0 Å². The third-order valence-corrected chi connectivity index (χ3v) is 4.45. The number of benzene rings is 1. The van der Waals surface area contributed by atoms with Gasteiger partial charge in [0.2, 0.25) is 6.29 Å². The van der Waals surface area contributed by atoms with Crippen LogP contribution in [0.5, 0.6) is 5.75 Å². The SMILES string of the molecule is C=CC(=O)OC(CCCCCCC)Oc1ccc(C2CC(=C)C(=O)O2)cc1. The van der Waals surface area contributed by atoms with Crippen molar-refractivity contribution in [2.24, 2.45) is 0 Å². The van der Waals surface area contributed by atoms with E-state index in [9.17, 15) is 9.59 Å². The third-order valence-electron chi connectivity index (χ3n) is 4.45. The van der Waals surface area contributed by atoms with Gasteiger partial charge in [-0.2, -0.15) is 0 Å². The van der Waals surface area contributed by atoms with Crippen LogP contribution in [-0.4, -0.2) is 18.2 Å². The lowest BCUT2D eigenvalue weighted by Crippen LogP contribution is -2.23. The van der Waals surface area contributed by atoms with Crippen LogP contribution in [0.3, 0.4) is 0 Å². The number of unbranched alkanes of at least 4 members (excludes halogenated alkanes) is 4. The van der Waals surface area contributed by atoms with E-state index in [1.807, 2.05) is 12.1 Å².